The molecule has 2 aromatic carbocycles. The van der Waals surface area contributed by atoms with E-state index < -0.39 is 0 Å². The van der Waals surface area contributed by atoms with Crippen LogP contribution < -0.4 is 15.4 Å². The quantitative estimate of drug-likeness (QED) is 0.758. The summed E-state index contributed by atoms with van der Waals surface area (Å²) in [6.07, 6.45) is 0.707. The van der Waals surface area contributed by atoms with Gasteiger partial charge in [-0.15, -0.1) is 0 Å². The van der Waals surface area contributed by atoms with Gasteiger partial charge in [0.15, 0.2) is 0 Å². The van der Waals surface area contributed by atoms with E-state index in [4.69, 9.17) is 14.2 Å². The largest absolute Gasteiger partial charge is 0.491 e. The summed E-state index contributed by atoms with van der Waals surface area (Å²) in [5, 5.41) is 6.46. The van der Waals surface area contributed by atoms with Crippen molar-refractivity contribution in [3.63, 3.8) is 0 Å². The number of nitrogens with zero attached hydrogens (tertiary/aromatic N) is 1. The lowest BCUT2D eigenvalue weighted by atomic mass is 9.99. The van der Waals surface area contributed by atoms with Crippen LogP contribution in [0.5, 0.6) is 5.75 Å². The zero-order valence-corrected chi connectivity index (χ0v) is 18.6. The number of nitrogens with one attached hydrogen (secondary N) is 2. The zero-order chi connectivity index (χ0) is 22.0. The van der Waals surface area contributed by atoms with E-state index >= 15 is 0 Å². The number of hydrogen-bond donors (Lipinski definition) is 2. The van der Waals surface area contributed by atoms with Gasteiger partial charge in [0.1, 0.15) is 12.4 Å². The normalized spacial score (nSPS) is 18.1. The van der Waals surface area contributed by atoms with Crippen molar-refractivity contribution in [2.45, 2.75) is 13.0 Å². The number of morpholine rings is 1. The zero-order valence-electron chi connectivity index (χ0n) is 18.6. The van der Waals surface area contributed by atoms with Gasteiger partial charge in [0.25, 0.3) is 5.91 Å². The summed E-state index contributed by atoms with van der Waals surface area (Å²) in [5.41, 5.74) is 4.10. The molecule has 0 spiro atoms. The summed E-state index contributed by atoms with van der Waals surface area (Å²) < 4.78 is 17.0. The first kappa shape index (κ1) is 22.7. The van der Waals surface area contributed by atoms with Gasteiger partial charge in [-0.3, -0.25) is 9.69 Å². The van der Waals surface area contributed by atoms with Crippen molar-refractivity contribution in [1.29, 1.82) is 0 Å². The highest BCUT2D eigenvalue weighted by molar-refractivity contribution is 5.94. The van der Waals surface area contributed by atoms with Gasteiger partial charge in [0, 0.05) is 51.3 Å². The molecule has 172 valence electrons. The van der Waals surface area contributed by atoms with Crippen LogP contribution in [0.15, 0.2) is 42.5 Å². The van der Waals surface area contributed by atoms with Crippen molar-refractivity contribution in [2.24, 2.45) is 0 Å². The van der Waals surface area contributed by atoms with Gasteiger partial charge in [-0.05, 0) is 34.9 Å². The van der Waals surface area contributed by atoms with E-state index in [1.54, 1.807) is 0 Å². The summed E-state index contributed by atoms with van der Waals surface area (Å²) in [6.45, 7) is 8.13. The van der Waals surface area contributed by atoms with E-state index in [0.29, 0.717) is 38.3 Å². The molecule has 2 aliphatic heterocycles. The highest BCUT2D eigenvalue weighted by Crippen LogP contribution is 2.24. The fraction of sp³-hybridized carbons (Fsp3) is 0.480. The fourth-order valence-electron chi connectivity index (χ4n) is 4.01. The van der Waals surface area contributed by atoms with E-state index in [0.717, 1.165) is 57.3 Å². The molecule has 0 aliphatic carbocycles. The monoisotopic (exact) mass is 439 g/mol. The minimum Gasteiger partial charge on any atom is -0.491 e. The van der Waals surface area contributed by atoms with Gasteiger partial charge < -0.3 is 24.8 Å². The second kappa shape index (κ2) is 12.0. The molecule has 7 heteroatoms. The first-order chi connectivity index (χ1) is 15.8. The number of rotatable bonds is 4. The number of fused-ring (bicyclic) bond motifs is 3. The molecule has 2 bridgehead atoms. The lowest BCUT2D eigenvalue weighted by Gasteiger charge is -2.26. The molecular weight excluding hydrogens is 406 g/mol. The van der Waals surface area contributed by atoms with Crippen LogP contribution in [0, 0.1) is 0 Å². The second-order valence-electron chi connectivity index (χ2n) is 8.17. The standard InChI is InChI=1S/C25H33N3O4/c29-25(27-6-8-28-9-12-31-13-10-28)22-4-5-24-23(18-22)17-20-2-1-3-21(16-20)19-26-7-11-30-14-15-32-24/h1-5,16,18,26H,6-15,17,19H2,(H,27,29). The third-order valence-electron chi connectivity index (χ3n) is 5.76. The fourth-order valence-corrected chi connectivity index (χ4v) is 4.01. The molecule has 4 rings (SSSR count). The smallest absolute Gasteiger partial charge is 0.251 e. The van der Waals surface area contributed by atoms with Gasteiger partial charge in [0.2, 0.25) is 0 Å². The molecule has 0 aromatic heterocycles. The average Bonchev–Trinajstić information content (AvgIpc) is 2.82. The van der Waals surface area contributed by atoms with Crippen molar-refractivity contribution in [3.8, 4) is 5.75 Å². The van der Waals surface area contributed by atoms with Gasteiger partial charge in [-0.2, -0.15) is 0 Å². The summed E-state index contributed by atoms with van der Waals surface area (Å²) in [6, 6.07) is 14.2. The number of carbonyl (C=O) groups excluding carboxylic acids is 1. The Kier molecular flexibility index (Phi) is 8.50. The van der Waals surface area contributed by atoms with Crippen LogP contribution in [-0.2, 0) is 22.4 Å². The molecule has 1 amide bonds. The average molecular weight is 440 g/mol. The van der Waals surface area contributed by atoms with E-state index in [-0.39, 0.29) is 5.91 Å². The molecule has 0 atom stereocenters. The Morgan fingerprint density at radius 3 is 2.72 bits per heavy atom. The molecule has 2 N–H and O–H groups in total. The molecule has 0 unspecified atom stereocenters. The molecule has 2 heterocycles. The van der Waals surface area contributed by atoms with E-state index in [1.807, 2.05) is 18.2 Å². The number of amides is 1. The van der Waals surface area contributed by atoms with Gasteiger partial charge >= 0.3 is 0 Å². The summed E-state index contributed by atoms with van der Waals surface area (Å²) in [5.74, 6) is 0.751. The van der Waals surface area contributed by atoms with Crippen LogP contribution in [-0.4, -0.2) is 76.6 Å². The predicted octanol–water partition coefficient (Wildman–Crippen LogP) is 1.84. The Bertz CT molecular complexity index is 883. The minimum atomic E-state index is -0.0539. The molecule has 32 heavy (non-hydrogen) atoms. The van der Waals surface area contributed by atoms with Gasteiger partial charge in [-0.1, -0.05) is 24.3 Å². The third-order valence-corrected chi connectivity index (χ3v) is 5.76. The Morgan fingerprint density at radius 2 is 1.81 bits per heavy atom. The van der Waals surface area contributed by atoms with Gasteiger partial charge in [0.05, 0.1) is 26.4 Å². The summed E-state index contributed by atoms with van der Waals surface area (Å²) in [7, 11) is 0. The van der Waals surface area contributed by atoms with Crippen molar-refractivity contribution in [2.75, 3.05) is 65.8 Å². The maximum absolute atomic E-state index is 12.8. The van der Waals surface area contributed by atoms with Crippen LogP contribution in [0.1, 0.15) is 27.0 Å². The predicted molar refractivity (Wildman–Crippen MR) is 123 cm³/mol. The highest BCUT2D eigenvalue weighted by Gasteiger charge is 2.14. The highest BCUT2D eigenvalue weighted by atomic mass is 16.5. The third kappa shape index (κ3) is 6.77. The Balaban J connectivity index is 1.45. The summed E-state index contributed by atoms with van der Waals surface area (Å²) in [4.78, 5) is 15.1. The molecule has 7 nitrogen and oxygen atoms in total. The first-order valence-electron chi connectivity index (χ1n) is 11.5. The van der Waals surface area contributed by atoms with Crippen molar-refractivity contribution < 1.29 is 19.0 Å². The number of carbonyl (C=O) groups is 1. The van der Waals surface area contributed by atoms with Crippen LogP contribution in [0.4, 0.5) is 0 Å². The van der Waals surface area contributed by atoms with E-state index in [2.05, 4.69) is 39.8 Å². The molecule has 1 fully saturated rings. The van der Waals surface area contributed by atoms with Crippen LogP contribution in [0.25, 0.3) is 0 Å². The molecule has 1 saturated heterocycles. The minimum absolute atomic E-state index is 0.0539. The lowest BCUT2D eigenvalue weighted by molar-refractivity contribution is 0.0383. The molecule has 0 saturated carbocycles. The number of ether oxygens (including phenoxy) is 3. The second-order valence-corrected chi connectivity index (χ2v) is 8.17. The molecule has 2 aromatic rings. The number of hydrogen-bond acceptors (Lipinski definition) is 6. The van der Waals surface area contributed by atoms with Crippen LogP contribution in [0.2, 0.25) is 0 Å². The van der Waals surface area contributed by atoms with E-state index in [1.165, 1.54) is 11.1 Å². The Hall–Kier alpha value is -2.45. The SMILES string of the molecule is O=C(NCCN1CCOCC1)c1ccc2c(c1)Cc1cccc(c1)CNCCOCCO2. The first-order valence-corrected chi connectivity index (χ1v) is 11.5. The molecule has 2 aliphatic rings. The number of benzene rings is 2. The van der Waals surface area contributed by atoms with Crippen LogP contribution in [0.3, 0.4) is 0 Å². The Labute approximate surface area is 190 Å². The van der Waals surface area contributed by atoms with Crippen molar-refractivity contribution >= 4 is 5.91 Å². The van der Waals surface area contributed by atoms with Crippen molar-refractivity contribution in [1.82, 2.24) is 15.5 Å². The maximum atomic E-state index is 12.8. The maximum Gasteiger partial charge on any atom is 0.251 e. The van der Waals surface area contributed by atoms with Gasteiger partial charge in [-0.25, -0.2) is 0 Å². The van der Waals surface area contributed by atoms with Crippen molar-refractivity contribution in [3.05, 3.63) is 64.7 Å². The molecular formula is C25H33N3O4. The Morgan fingerprint density at radius 1 is 0.969 bits per heavy atom. The van der Waals surface area contributed by atoms with Crippen LogP contribution >= 0.6 is 0 Å². The molecule has 0 radical (unpaired) electrons. The lowest BCUT2D eigenvalue weighted by Crippen LogP contribution is -2.41. The van der Waals surface area contributed by atoms with E-state index in [9.17, 15) is 4.79 Å². The topological polar surface area (TPSA) is 72.1 Å². The summed E-state index contributed by atoms with van der Waals surface area (Å²) >= 11 is 0.